The molecule has 1 atom stereocenters. The molecule has 1 aliphatic rings. The van der Waals surface area contributed by atoms with E-state index >= 15 is 0 Å². The van der Waals surface area contributed by atoms with Crippen LogP contribution in [0, 0.1) is 5.41 Å². The zero-order valence-corrected chi connectivity index (χ0v) is 19.7. The summed E-state index contributed by atoms with van der Waals surface area (Å²) < 4.78 is 17.5. The van der Waals surface area contributed by atoms with Crippen molar-refractivity contribution < 1.29 is 19.0 Å². The van der Waals surface area contributed by atoms with Gasteiger partial charge in [-0.25, -0.2) is 0 Å². The van der Waals surface area contributed by atoms with Crippen molar-refractivity contribution in [3.05, 3.63) is 72.8 Å². The van der Waals surface area contributed by atoms with Gasteiger partial charge in [-0.15, -0.1) is 0 Å². The molecule has 0 bridgehead atoms. The predicted molar refractivity (Wildman–Crippen MR) is 131 cm³/mol. The smallest absolute Gasteiger partial charge is 0.268 e. The molecular weight excluding hydrogens is 414 g/mol. The highest BCUT2D eigenvalue weighted by molar-refractivity contribution is 5.99. The van der Waals surface area contributed by atoms with Crippen molar-refractivity contribution in [2.45, 2.75) is 33.3 Å². The summed E-state index contributed by atoms with van der Waals surface area (Å²) in [5, 5.41) is 0. The second-order valence-electron chi connectivity index (χ2n) is 9.46. The van der Waals surface area contributed by atoms with Gasteiger partial charge in [-0.05, 0) is 40.8 Å². The van der Waals surface area contributed by atoms with Crippen LogP contribution in [0.25, 0.3) is 11.1 Å². The van der Waals surface area contributed by atoms with E-state index in [-0.39, 0.29) is 11.3 Å². The van der Waals surface area contributed by atoms with Gasteiger partial charge in [0.05, 0.1) is 13.7 Å². The molecule has 1 amide bonds. The fourth-order valence-corrected chi connectivity index (χ4v) is 3.78. The first-order valence-electron chi connectivity index (χ1n) is 11.3. The minimum Gasteiger partial charge on any atom is -0.493 e. The monoisotopic (exact) mass is 445 g/mol. The Hall–Kier alpha value is -3.47. The molecule has 3 aromatic carbocycles. The van der Waals surface area contributed by atoms with Crippen molar-refractivity contribution in [1.29, 1.82) is 0 Å². The Kier molecular flexibility index (Phi) is 6.59. The number of benzene rings is 3. The third-order valence-corrected chi connectivity index (χ3v) is 5.52. The van der Waals surface area contributed by atoms with Crippen LogP contribution in [0.1, 0.15) is 27.2 Å². The highest BCUT2D eigenvalue weighted by atomic mass is 16.5. The van der Waals surface area contributed by atoms with Crippen molar-refractivity contribution in [2.75, 3.05) is 25.2 Å². The number of hydrogen-bond donors (Lipinski definition) is 0. The molecule has 1 heterocycles. The average Bonchev–Trinajstić information content (AvgIpc) is 3.18. The molecule has 33 heavy (non-hydrogen) atoms. The maximum absolute atomic E-state index is 13.1. The van der Waals surface area contributed by atoms with Crippen molar-refractivity contribution >= 4 is 11.6 Å². The van der Waals surface area contributed by atoms with Crippen LogP contribution in [0.3, 0.4) is 0 Å². The van der Waals surface area contributed by atoms with Crippen molar-refractivity contribution in [2.24, 2.45) is 5.41 Å². The van der Waals surface area contributed by atoms with Gasteiger partial charge < -0.3 is 19.1 Å². The Morgan fingerprint density at radius 2 is 1.61 bits per heavy atom. The van der Waals surface area contributed by atoms with Gasteiger partial charge in [-0.2, -0.15) is 0 Å². The van der Waals surface area contributed by atoms with Crippen LogP contribution in [-0.2, 0) is 4.79 Å². The summed E-state index contributed by atoms with van der Waals surface area (Å²) in [6.07, 6.45) is 0.125. The number of amides is 1. The van der Waals surface area contributed by atoms with Crippen LogP contribution in [-0.4, -0.2) is 32.3 Å². The molecule has 172 valence electrons. The van der Waals surface area contributed by atoms with Crippen LogP contribution in [0.4, 0.5) is 5.69 Å². The molecule has 0 N–H and O–H groups in total. The molecule has 0 radical (unpaired) electrons. The number of methoxy groups -OCH3 is 1. The van der Waals surface area contributed by atoms with E-state index in [2.05, 4.69) is 32.9 Å². The maximum Gasteiger partial charge on any atom is 0.268 e. The number of ether oxygens (including phenoxy) is 3. The van der Waals surface area contributed by atoms with E-state index in [1.54, 1.807) is 12.0 Å². The van der Waals surface area contributed by atoms with Gasteiger partial charge in [-0.3, -0.25) is 4.79 Å². The van der Waals surface area contributed by atoms with E-state index < -0.39 is 6.10 Å². The zero-order chi connectivity index (χ0) is 23.4. The van der Waals surface area contributed by atoms with Gasteiger partial charge in [0, 0.05) is 24.7 Å². The van der Waals surface area contributed by atoms with E-state index in [0.717, 1.165) is 16.8 Å². The van der Waals surface area contributed by atoms with Crippen LogP contribution in [0.2, 0.25) is 0 Å². The summed E-state index contributed by atoms with van der Waals surface area (Å²) in [5.74, 6) is 1.94. The van der Waals surface area contributed by atoms with Crippen molar-refractivity contribution in [1.82, 2.24) is 0 Å². The van der Waals surface area contributed by atoms with Gasteiger partial charge in [0.2, 0.25) is 0 Å². The van der Waals surface area contributed by atoms with Crippen molar-refractivity contribution in [3.8, 4) is 28.4 Å². The number of anilines is 1. The molecule has 0 aliphatic carbocycles. The Labute approximate surface area is 195 Å². The van der Waals surface area contributed by atoms with E-state index in [1.807, 2.05) is 60.7 Å². The molecule has 1 saturated heterocycles. The fourth-order valence-electron chi connectivity index (χ4n) is 3.78. The summed E-state index contributed by atoms with van der Waals surface area (Å²) in [6.45, 7) is 7.52. The largest absolute Gasteiger partial charge is 0.493 e. The lowest BCUT2D eigenvalue weighted by atomic mass is 9.99. The summed E-state index contributed by atoms with van der Waals surface area (Å²) in [5.41, 5.74) is 3.09. The van der Waals surface area contributed by atoms with E-state index in [1.165, 1.54) is 0 Å². The standard InChI is InChI=1S/C28H31NO4/c1-28(2,3)19-32-24-15-12-22(18-26(24)31-4)29-17-16-25(27(29)30)33-23-13-10-21(11-14-23)20-8-6-5-7-9-20/h5-15,18,25H,16-17,19H2,1-4H3. The lowest BCUT2D eigenvalue weighted by molar-refractivity contribution is -0.122. The van der Waals surface area contributed by atoms with Crippen LogP contribution >= 0.6 is 0 Å². The number of rotatable bonds is 7. The SMILES string of the molecule is COc1cc(N2CCC(Oc3ccc(-c4ccccc4)cc3)C2=O)ccc1OCC(C)(C)C. The Morgan fingerprint density at radius 1 is 0.909 bits per heavy atom. The predicted octanol–water partition coefficient (Wildman–Crippen LogP) is 5.97. The lowest BCUT2D eigenvalue weighted by Crippen LogP contribution is -2.32. The van der Waals surface area contributed by atoms with Gasteiger partial charge in [-0.1, -0.05) is 63.2 Å². The van der Waals surface area contributed by atoms with E-state index in [9.17, 15) is 4.79 Å². The first-order valence-corrected chi connectivity index (χ1v) is 11.3. The molecule has 5 nitrogen and oxygen atoms in total. The summed E-state index contributed by atoms with van der Waals surface area (Å²) >= 11 is 0. The molecule has 1 aliphatic heterocycles. The molecule has 1 fully saturated rings. The highest BCUT2D eigenvalue weighted by Gasteiger charge is 2.34. The molecular formula is C28H31NO4. The molecule has 4 rings (SSSR count). The maximum atomic E-state index is 13.1. The summed E-state index contributed by atoms with van der Waals surface area (Å²) in [4.78, 5) is 14.8. The Balaban J connectivity index is 1.42. The number of carbonyl (C=O) groups excluding carboxylic acids is 1. The number of carbonyl (C=O) groups is 1. The first kappa shape index (κ1) is 22.7. The van der Waals surface area contributed by atoms with Crippen LogP contribution < -0.4 is 19.1 Å². The van der Waals surface area contributed by atoms with Crippen LogP contribution in [0.15, 0.2) is 72.8 Å². The number of nitrogens with zero attached hydrogens (tertiary/aromatic N) is 1. The molecule has 3 aromatic rings. The van der Waals surface area contributed by atoms with E-state index in [0.29, 0.717) is 36.8 Å². The van der Waals surface area contributed by atoms with Crippen molar-refractivity contribution in [3.63, 3.8) is 0 Å². The third-order valence-electron chi connectivity index (χ3n) is 5.52. The third kappa shape index (κ3) is 5.48. The van der Waals surface area contributed by atoms with E-state index in [4.69, 9.17) is 14.2 Å². The number of hydrogen-bond acceptors (Lipinski definition) is 4. The molecule has 1 unspecified atom stereocenters. The molecule has 0 saturated carbocycles. The quantitative estimate of drug-likeness (QED) is 0.449. The zero-order valence-electron chi connectivity index (χ0n) is 19.7. The minimum atomic E-state index is -0.504. The molecule has 0 spiro atoms. The highest BCUT2D eigenvalue weighted by Crippen LogP contribution is 2.35. The Morgan fingerprint density at radius 3 is 2.27 bits per heavy atom. The minimum absolute atomic E-state index is 0.0401. The fraction of sp³-hybridized carbons (Fsp3) is 0.321. The summed E-state index contributed by atoms with van der Waals surface area (Å²) in [6, 6.07) is 23.7. The first-order chi connectivity index (χ1) is 15.8. The van der Waals surface area contributed by atoms with Crippen LogP contribution in [0.5, 0.6) is 17.2 Å². The second kappa shape index (κ2) is 9.57. The second-order valence-corrected chi connectivity index (χ2v) is 9.46. The Bertz CT molecular complexity index is 1090. The lowest BCUT2D eigenvalue weighted by Gasteiger charge is -2.22. The summed E-state index contributed by atoms with van der Waals surface area (Å²) in [7, 11) is 1.61. The normalized spacial score (nSPS) is 16.1. The topological polar surface area (TPSA) is 48.0 Å². The molecule has 0 aromatic heterocycles. The van der Waals surface area contributed by atoms with Gasteiger partial charge in [0.25, 0.3) is 5.91 Å². The average molecular weight is 446 g/mol. The van der Waals surface area contributed by atoms with Gasteiger partial charge in [0.15, 0.2) is 17.6 Å². The molecule has 5 heteroatoms. The van der Waals surface area contributed by atoms with Gasteiger partial charge in [0.1, 0.15) is 5.75 Å². The van der Waals surface area contributed by atoms with Gasteiger partial charge >= 0.3 is 0 Å².